The number of halogens is 1. The quantitative estimate of drug-likeness (QED) is 0.813. The molecule has 2 aromatic heterocycles. The van der Waals surface area contributed by atoms with E-state index in [1.165, 1.54) is 0 Å². The fourth-order valence-corrected chi connectivity index (χ4v) is 2.46. The first-order chi connectivity index (χ1) is 7.31. The van der Waals surface area contributed by atoms with Crippen LogP contribution >= 0.6 is 22.9 Å². The lowest BCUT2D eigenvalue weighted by Crippen LogP contribution is -1.86. The van der Waals surface area contributed by atoms with E-state index in [4.69, 9.17) is 11.6 Å². The maximum absolute atomic E-state index is 6.05. The van der Waals surface area contributed by atoms with Gasteiger partial charge in [0.15, 0.2) is 0 Å². The summed E-state index contributed by atoms with van der Waals surface area (Å²) in [5.74, 6) is 0. The highest BCUT2D eigenvalue weighted by molar-refractivity contribution is 7.13. The highest BCUT2D eigenvalue weighted by Gasteiger charge is 2.08. The molecule has 2 aromatic rings. The monoisotopic (exact) mass is 238 g/mol. The molecule has 4 heteroatoms. The normalized spacial score (nSPS) is 10.5. The molecule has 0 aromatic carbocycles. The van der Waals surface area contributed by atoms with Crippen LogP contribution in [-0.2, 0) is 6.42 Å². The summed E-state index contributed by atoms with van der Waals surface area (Å²) in [4.78, 5) is 8.74. The van der Waals surface area contributed by atoms with Crippen molar-refractivity contribution in [2.75, 3.05) is 0 Å². The third-order valence-electron chi connectivity index (χ3n) is 2.02. The predicted molar refractivity (Wildman–Crippen MR) is 64.4 cm³/mol. The summed E-state index contributed by atoms with van der Waals surface area (Å²) in [5.41, 5.74) is 1.91. The van der Waals surface area contributed by atoms with Crippen LogP contribution in [0.4, 0.5) is 0 Å². The molecule has 15 heavy (non-hydrogen) atoms. The van der Waals surface area contributed by atoms with E-state index in [1.807, 2.05) is 12.1 Å². The highest BCUT2D eigenvalue weighted by Crippen LogP contribution is 2.28. The van der Waals surface area contributed by atoms with Gasteiger partial charge in [-0.2, -0.15) is 0 Å². The highest BCUT2D eigenvalue weighted by atomic mass is 35.5. The minimum Gasteiger partial charge on any atom is -0.252 e. The fourth-order valence-electron chi connectivity index (χ4n) is 1.33. The SMILES string of the molecule is CCCc1csc(-c2ncccc2Cl)n1. The summed E-state index contributed by atoms with van der Waals surface area (Å²) < 4.78 is 0. The van der Waals surface area contributed by atoms with Crippen LogP contribution in [0, 0.1) is 0 Å². The van der Waals surface area contributed by atoms with Crippen LogP contribution in [0.15, 0.2) is 23.7 Å². The van der Waals surface area contributed by atoms with E-state index in [9.17, 15) is 0 Å². The average molecular weight is 239 g/mol. The van der Waals surface area contributed by atoms with Gasteiger partial charge >= 0.3 is 0 Å². The number of hydrogen-bond acceptors (Lipinski definition) is 3. The Morgan fingerprint density at radius 2 is 2.33 bits per heavy atom. The lowest BCUT2D eigenvalue weighted by atomic mass is 10.3. The average Bonchev–Trinajstić information content (AvgIpc) is 2.68. The number of thiazole rings is 1. The Morgan fingerprint density at radius 1 is 1.47 bits per heavy atom. The van der Waals surface area contributed by atoms with E-state index >= 15 is 0 Å². The Kier molecular flexibility index (Phi) is 3.34. The van der Waals surface area contributed by atoms with Crippen LogP contribution in [0.1, 0.15) is 19.0 Å². The first-order valence-corrected chi connectivity index (χ1v) is 6.12. The van der Waals surface area contributed by atoms with Crippen molar-refractivity contribution >= 4 is 22.9 Å². The number of aromatic nitrogens is 2. The van der Waals surface area contributed by atoms with E-state index in [-0.39, 0.29) is 0 Å². The zero-order valence-electron chi connectivity index (χ0n) is 8.40. The van der Waals surface area contributed by atoms with Crippen molar-refractivity contribution in [2.24, 2.45) is 0 Å². The minimum atomic E-state index is 0.662. The van der Waals surface area contributed by atoms with Crippen LogP contribution in [-0.4, -0.2) is 9.97 Å². The Bertz CT molecular complexity index is 453. The van der Waals surface area contributed by atoms with Crippen LogP contribution in [0.25, 0.3) is 10.7 Å². The second-order valence-electron chi connectivity index (χ2n) is 3.23. The van der Waals surface area contributed by atoms with Gasteiger partial charge in [-0.15, -0.1) is 11.3 Å². The third kappa shape index (κ3) is 2.36. The molecule has 0 aliphatic rings. The number of pyridine rings is 1. The molecule has 0 amide bonds. The van der Waals surface area contributed by atoms with Gasteiger partial charge in [-0.3, -0.25) is 4.98 Å². The summed E-state index contributed by atoms with van der Waals surface area (Å²) >= 11 is 7.65. The van der Waals surface area contributed by atoms with Crippen molar-refractivity contribution < 1.29 is 0 Å². The van der Waals surface area contributed by atoms with Crippen molar-refractivity contribution in [3.8, 4) is 10.7 Å². The standard InChI is InChI=1S/C11H11ClN2S/c1-2-4-8-7-15-11(14-8)10-9(12)5-3-6-13-10/h3,5-7H,2,4H2,1H3. The predicted octanol–water partition coefficient (Wildman–Crippen LogP) is 3.81. The maximum atomic E-state index is 6.05. The van der Waals surface area contributed by atoms with Gasteiger partial charge in [0, 0.05) is 11.6 Å². The summed E-state index contributed by atoms with van der Waals surface area (Å²) in [7, 11) is 0. The van der Waals surface area contributed by atoms with Gasteiger partial charge in [-0.05, 0) is 18.6 Å². The molecular weight excluding hydrogens is 228 g/mol. The second kappa shape index (κ2) is 4.73. The summed E-state index contributed by atoms with van der Waals surface area (Å²) in [5, 5.41) is 3.64. The zero-order chi connectivity index (χ0) is 10.7. The fraction of sp³-hybridized carbons (Fsp3) is 0.273. The number of nitrogens with zero attached hydrogens (tertiary/aromatic N) is 2. The third-order valence-corrected chi connectivity index (χ3v) is 3.22. The molecule has 0 bridgehead atoms. The van der Waals surface area contributed by atoms with Crippen LogP contribution in [0.2, 0.25) is 5.02 Å². The van der Waals surface area contributed by atoms with E-state index in [1.54, 1.807) is 17.5 Å². The first kappa shape index (κ1) is 10.6. The van der Waals surface area contributed by atoms with Crippen molar-refractivity contribution in [1.82, 2.24) is 9.97 Å². The van der Waals surface area contributed by atoms with E-state index in [2.05, 4.69) is 22.3 Å². The summed E-state index contributed by atoms with van der Waals surface area (Å²) in [6.45, 7) is 2.15. The van der Waals surface area contributed by atoms with Crippen LogP contribution < -0.4 is 0 Å². The molecule has 0 saturated carbocycles. The molecule has 0 aliphatic carbocycles. The number of aryl methyl sites for hydroxylation is 1. The molecular formula is C11H11ClN2S. The van der Waals surface area contributed by atoms with E-state index in [0.29, 0.717) is 5.02 Å². The van der Waals surface area contributed by atoms with Gasteiger partial charge < -0.3 is 0 Å². The summed E-state index contributed by atoms with van der Waals surface area (Å²) in [6, 6.07) is 3.66. The lowest BCUT2D eigenvalue weighted by molar-refractivity contribution is 0.893. The molecule has 0 spiro atoms. The molecule has 0 saturated heterocycles. The van der Waals surface area contributed by atoms with Crippen LogP contribution in [0.5, 0.6) is 0 Å². The number of rotatable bonds is 3. The minimum absolute atomic E-state index is 0.662. The smallest absolute Gasteiger partial charge is 0.143 e. The van der Waals surface area contributed by atoms with Crippen molar-refractivity contribution in [2.45, 2.75) is 19.8 Å². The molecule has 2 heterocycles. The molecule has 78 valence electrons. The Hall–Kier alpha value is -0.930. The molecule has 0 unspecified atom stereocenters. The topological polar surface area (TPSA) is 25.8 Å². The van der Waals surface area contributed by atoms with Crippen molar-refractivity contribution in [3.05, 3.63) is 34.4 Å². The number of hydrogen-bond donors (Lipinski definition) is 0. The Labute approximate surface area is 98.0 Å². The van der Waals surface area contributed by atoms with Crippen molar-refractivity contribution in [1.29, 1.82) is 0 Å². The van der Waals surface area contributed by atoms with E-state index < -0.39 is 0 Å². The van der Waals surface area contributed by atoms with Gasteiger partial charge in [-0.1, -0.05) is 24.9 Å². The Balaban J connectivity index is 2.33. The molecule has 0 aliphatic heterocycles. The first-order valence-electron chi connectivity index (χ1n) is 4.86. The summed E-state index contributed by atoms with van der Waals surface area (Å²) in [6.07, 6.45) is 3.86. The van der Waals surface area contributed by atoms with Gasteiger partial charge in [0.25, 0.3) is 0 Å². The maximum Gasteiger partial charge on any atom is 0.143 e. The lowest BCUT2D eigenvalue weighted by Gasteiger charge is -1.97. The second-order valence-corrected chi connectivity index (χ2v) is 4.49. The van der Waals surface area contributed by atoms with Crippen LogP contribution in [0.3, 0.4) is 0 Å². The van der Waals surface area contributed by atoms with E-state index in [0.717, 1.165) is 29.2 Å². The molecule has 2 rings (SSSR count). The largest absolute Gasteiger partial charge is 0.252 e. The van der Waals surface area contributed by atoms with Gasteiger partial charge in [0.2, 0.25) is 0 Å². The van der Waals surface area contributed by atoms with Gasteiger partial charge in [0.1, 0.15) is 10.7 Å². The van der Waals surface area contributed by atoms with Gasteiger partial charge in [-0.25, -0.2) is 4.98 Å². The molecule has 0 fully saturated rings. The molecule has 2 nitrogen and oxygen atoms in total. The Morgan fingerprint density at radius 3 is 3.07 bits per heavy atom. The molecule has 0 N–H and O–H groups in total. The molecule has 0 radical (unpaired) electrons. The van der Waals surface area contributed by atoms with Crippen molar-refractivity contribution in [3.63, 3.8) is 0 Å². The molecule has 0 atom stereocenters. The van der Waals surface area contributed by atoms with Gasteiger partial charge in [0.05, 0.1) is 10.7 Å². The zero-order valence-corrected chi connectivity index (χ0v) is 9.98.